The molecule has 3 aliphatic rings. The molecule has 0 unspecified atom stereocenters. The molecule has 1 aromatic carbocycles. The monoisotopic (exact) mass is 323 g/mol. The van der Waals surface area contributed by atoms with E-state index in [4.69, 9.17) is 15.2 Å². The van der Waals surface area contributed by atoms with E-state index in [0.717, 1.165) is 48.1 Å². The first-order valence-electron chi connectivity index (χ1n) is 7.07. The Hall–Kier alpha value is -0.740. The maximum atomic E-state index is 6.22. The van der Waals surface area contributed by atoms with Gasteiger partial charge in [-0.2, -0.15) is 0 Å². The molecule has 19 heavy (non-hydrogen) atoms. The van der Waals surface area contributed by atoms with Gasteiger partial charge in [-0.3, -0.25) is 0 Å². The summed E-state index contributed by atoms with van der Waals surface area (Å²) in [6.45, 7) is 0. The average Bonchev–Trinajstić information content (AvgIpc) is 2.81. The maximum absolute atomic E-state index is 6.22. The van der Waals surface area contributed by atoms with Crippen molar-refractivity contribution in [2.24, 2.45) is 5.73 Å². The van der Waals surface area contributed by atoms with Crippen LogP contribution >= 0.6 is 15.9 Å². The van der Waals surface area contributed by atoms with Gasteiger partial charge in [0.1, 0.15) is 0 Å². The van der Waals surface area contributed by atoms with E-state index in [1.165, 1.54) is 18.4 Å². The van der Waals surface area contributed by atoms with Gasteiger partial charge in [0.05, 0.1) is 0 Å². The molecular weight excluding hydrogens is 306 g/mol. The van der Waals surface area contributed by atoms with E-state index >= 15 is 0 Å². The van der Waals surface area contributed by atoms with E-state index in [0.29, 0.717) is 0 Å². The Morgan fingerprint density at radius 1 is 1.05 bits per heavy atom. The van der Waals surface area contributed by atoms with Gasteiger partial charge >= 0.3 is 0 Å². The van der Waals surface area contributed by atoms with E-state index < -0.39 is 0 Å². The van der Waals surface area contributed by atoms with Gasteiger partial charge in [0.2, 0.25) is 0 Å². The number of hydrogen-bond acceptors (Lipinski definition) is 3. The van der Waals surface area contributed by atoms with Gasteiger partial charge < -0.3 is 15.2 Å². The van der Waals surface area contributed by atoms with Gasteiger partial charge in [0.15, 0.2) is 11.5 Å². The summed E-state index contributed by atoms with van der Waals surface area (Å²) in [5.74, 6) is 1.39. The zero-order valence-corrected chi connectivity index (χ0v) is 12.5. The quantitative estimate of drug-likeness (QED) is 0.905. The number of rotatable bonds is 2. The Morgan fingerprint density at radius 2 is 1.68 bits per heavy atom. The summed E-state index contributed by atoms with van der Waals surface area (Å²) in [6.07, 6.45) is 7.53. The molecular formula is C15H18BrNO2. The first-order valence-corrected chi connectivity index (χ1v) is 7.86. The molecule has 0 saturated heterocycles. The molecule has 2 fully saturated rings. The van der Waals surface area contributed by atoms with Crippen LogP contribution in [0.5, 0.6) is 11.5 Å². The number of hydrogen-bond donors (Lipinski definition) is 1. The third-order valence-electron chi connectivity index (χ3n) is 4.50. The smallest absolute Gasteiger partial charge is 0.251 e. The van der Waals surface area contributed by atoms with E-state index in [9.17, 15) is 0 Å². The molecule has 0 amide bonds. The fourth-order valence-electron chi connectivity index (χ4n) is 3.13. The minimum Gasteiger partial charge on any atom is -0.448 e. The van der Waals surface area contributed by atoms with Gasteiger partial charge in [-0.25, -0.2) is 0 Å². The topological polar surface area (TPSA) is 44.5 Å². The molecule has 4 rings (SSSR count). The molecule has 2 N–H and O–H groups in total. The Morgan fingerprint density at radius 3 is 2.32 bits per heavy atom. The molecule has 1 aliphatic heterocycles. The lowest BCUT2D eigenvalue weighted by Gasteiger charge is -2.21. The highest BCUT2D eigenvalue weighted by atomic mass is 79.9. The third-order valence-corrected chi connectivity index (χ3v) is 5.24. The van der Waals surface area contributed by atoms with Crippen LogP contribution in [0.1, 0.15) is 44.1 Å². The minimum absolute atomic E-state index is 0.0151. The molecule has 1 heterocycles. The average molecular weight is 324 g/mol. The van der Waals surface area contributed by atoms with Gasteiger partial charge in [0.25, 0.3) is 5.79 Å². The summed E-state index contributed by atoms with van der Waals surface area (Å²) in [5.41, 5.74) is 7.46. The second-order valence-electron chi connectivity index (χ2n) is 6.25. The zero-order chi connectivity index (χ0) is 13.1. The summed E-state index contributed by atoms with van der Waals surface area (Å²) in [6, 6.07) is 4.16. The molecule has 0 aromatic heterocycles. The Bertz CT molecular complexity index is 533. The second-order valence-corrected chi connectivity index (χ2v) is 7.11. The zero-order valence-electron chi connectivity index (χ0n) is 10.9. The summed E-state index contributed by atoms with van der Waals surface area (Å²) >= 11 is 3.64. The van der Waals surface area contributed by atoms with Crippen molar-refractivity contribution in [3.05, 3.63) is 22.2 Å². The summed E-state index contributed by atoms with van der Waals surface area (Å²) in [7, 11) is 0. The molecule has 102 valence electrons. The van der Waals surface area contributed by atoms with Crippen LogP contribution in [0.2, 0.25) is 0 Å². The highest BCUT2D eigenvalue weighted by Crippen LogP contribution is 2.49. The maximum Gasteiger partial charge on any atom is 0.251 e. The second kappa shape index (κ2) is 3.89. The minimum atomic E-state index is -0.375. The van der Waals surface area contributed by atoms with Crippen LogP contribution < -0.4 is 15.2 Å². The van der Waals surface area contributed by atoms with Crippen LogP contribution in [0, 0.1) is 0 Å². The van der Waals surface area contributed by atoms with Crippen molar-refractivity contribution >= 4 is 15.9 Å². The van der Waals surface area contributed by atoms with Crippen LogP contribution in [0.25, 0.3) is 0 Å². The molecule has 2 aliphatic carbocycles. The Balaban J connectivity index is 1.64. The van der Waals surface area contributed by atoms with Crippen LogP contribution in [0.3, 0.4) is 0 Å². The van der Waals surface area contributed by atoms with Crippen molar-refractivity contribution < 1.29 is 9.47 Å². The first kappa shape index (κ1) is 12.0. The SMILES string of the molecule is NC1(Cc2cc3c(cc2Br)OC2(CCCC2)O3)CC1. The molecule has 1 spiro atoms. The number of halogens is 1. The van der Waals surface area contributed by atoms with E-state index in [-0.39, 0.29) is 11.3 Å². The number of nitrogens with two attached hydrogens (primary N) is 1. The Kier molecular flexibility index (Phi) is 2.46. The largest absolute Gasteiger partial charge is 0.448 e. The van der Waals surface area contributed by atoms with Gasteiger partial charge in [0, 0.05) is 22.9 Å². The van der Waals surface area contributed by atoms with Crippen LogP contribution in [0.4, 0.5) is 0 Å². The lowest BCUT2D eigenvalue weighted by molar-refractivity contribution is -0.0716. The van der Waals surface area contributed by atoms with Crippen molar-refractivity contribution in [3.63, 3.8) is 0 Å². The highest BCUT2D eigenvalue weighted by molar-refractivity contribution is 9.10. The van der Waals surface area contributed by atoms with Crippen molar-refractivity contribution in [3.8, 4) is 11.5 Å². The highest BCUT2D eigenvalue weighted by Gasteiger charge is 2.45. The fourth-order valence-corrected chi connectivity index (χ4v) is 3.59. The lowest BCUT2D eigenvalue weighted by Crippen LogP contribution is -2.34. The predicted octanol–water partition coefficient (Wildman–Crippen LogP) is 3.52. The number of fused-ring (bicyclic) bond motifs is 1. The lowest BCUT2D eigenvalue weighted by atomic mass is 10.0. The number of ether oxygens (including phenoxy) is 2. The molecule has 0 radical (unpaired) electrons. The first-order chi connectivity index (χ1) is 9.08. The standard InChI is InChI=1S/C15H18BrNO2/c16-11-8-13-12(7-10(11)9-14(17)5-6-14)18-15(19-13)3-1-2-4-15/h7-8H,1-6,9,17H2. The summed E-state index contributed by atoms with van der Waals surface area (Å²) < 4.78 is 13.2. The van der Waals surface area contributed by atoms with E-state index in [1.807, 2.05) is 6.07 Å². The van der Waals surface area contributed by atoms with Gasteiger partial charge in [-0.05, 0) is 49.8 Å². The molecule has 3 nitrogen and oxygen atoms in total. The Labute approximate surface area is 121 Å². The van der Waals surface area contributed by atoms with Crippen molar-refractivity contribution in [2.45, 2.75) is 56.3 Å². The van der Waals surface area contributed by atoms with Gasteiger partial charge in [-0.15, -0.1) is 0 Å². The molecule has 1 aromatic rings. The molecule has 0 bridgehead atoms. The van der Waals surface area contributed by atoms with Crippen molar-refractivity contribution in [1.29, 1.82) is 0 Å². The number of benzene rings is 1. The van der Waals surface area contributed by atoms with Crippen molar-refractivity contribution in [1.82, 2.24) is 0 Å². The molecule has 4 heteroatoms. The van der Waals surface area contributed by atoms with Crippen LogP contribution in [-0.2, 0) is 6.42 Å². The van der Waals surface area contributed by atoms with E-state index in [1.54, 1.807) is 0 Å². The summed E-state index contributed by atoms with van der Waals surface area (Å²) in [5, 5.41) is 0. The molecule has 0 atom stereocenters. The third kappa shape index (κ3) is 2.05. The van der Waals surface area contributed by atoms with Crippen LogP contribution in [0.15, 0.2) is 16.6 Å². The fraction of sp³-hybridized carbons (Fsp3) is 0.600. The summed E-state index contributed by atoms with van der Waals surface area (Å²) in [4.78, 5) is 0. The van der Waals surface area contributed by atoms with Gasteiger partial charge in [-0.1, -0.05) is 15.9 Å². The van der Waals surface area contributed by atoms with E-state index in [2.05, 4.69) is 22.0 Å². The molecule has 2 saturated carbocycles. The van der Waals surface area contributed by atoms with Crippen molar-refractivity contribution in [2.75, 3.05) is 0 Å². The normalized spacial score (nSPS) is 24.9. The predicted molar refractivity (Wildman–Crippen MR) is 76.5 cm³/mol. The van der Waals surface area contributed by atoms with Crippen LogP contribution in [-0.4, -0.2) is 11.3 Å².